The molecule has 0 bridgehead atoms. The van der Waals surface area contributed by atoms with E-state index in [1.807, 2.05) is 49.4 Å². The fourth-order valence-corrected chi connectivity index (χ4v) is 2.41. The van der Waals surface area contributed by atoms with Crippen LogP contribution in [-0.4, -0.2) is 25.5 Å². The second-order valence-electron chi connectivity index (χ2n) is 5.87. The standard InChI is InChI=1S/C20H24N2O4/c1-4-15-6-8-17(9-7-15)26-13-20(24)22-21-19(23)12-16-11-14(2)5-10-18(16)25-3/h5-11H,4,12-13H2,1-3H3,(H,21,23)(H,22,24). The van der Waals surface area contributed by atoms with E-state index in [2.05, 4.69) is 17.8 Å². The number of hydrazine groups is 1. The number of hydrogen-bond donors (Lipinski definition) is 2. The molecule has 2 rings (SSSR count). The van der Waals surface area contributed by atoms with Crippen LogP contribution in [-0.2, 0) is 22.4 Å². The molecule has 0 fully saturated rings. The largest absolute Gasteiger partial charge is 0.496 e. The normalized spacial score (nSPS) is 10.1. The smallest absolute Gasteiger partial charge is 0.276 e. The van der Waals surface area contributed by atoms with E-state index in [1.54, 1.807) is 7.11 Å². The van der Waals surface area contributed by atoms with Gasteiger partial charge in [0.15, 0.2) is 6.61 Å². The summed E-state index contributed by atoms with van der Waals surface area (Å²) in [5.74, 6) is 0.466. The Bertz CT molecular complexity index is 757. The molecule has 26 heavy (non-hydrogen) atoms. The van der Waals surface area contributed by atoms with Crippen molar-refractivity contribution in [1.29, 1.82) is 0 Å². The third-order valence-corrected chi connectivity index (χ3v) is 3.83. The molecular weight excluding hydrogens is 332 g/mol. The molecule has 2 N–H and O–H groups in total. The molecule has 0 aliphatic carbocycles. The SMILES string of the molecule is CCc1ccc(OCC(=O)NNC(=O)Cc2cc(C)ccc2OC)cc1. The van der Waals surface area contributed by atoms with Crippen LogP contribution in [0.25, 0.3) is 0 Å². The Kier molecular flexibility index (Phi) is 7.02. The topological polar surface area (TPSA) is 76.7 Å². The second-order valence-corrected chi connectivity index (χ2v) is 5.87. The first-order chi connectivity index (χ1) is 12.5. The molecule has 2 aromatic rings. The molecule has 0 radical (unpaired) electrons. The third-order valence-electron chi connectivity index (χ3n) is 3.83. The van der Waals surface area contributed by atoms with Gasteiger partial charge in [0.2, 0.25) is 5.91 Å². The van der Waals surface area contributed by atoms with Gasteiger partial charge in [-0.05, 0) is 37.1 Å². The molecule has 6 heteroatoms. The van der Waals surface area contributed by atoms with E-state index >= 15 is 0 Å². The zero-order valence-electron chi connectivity index (χ0n) is 15.3. The number of carbonyl (C=O) groups excluding carboxylic acids is 2. The van der Waals surface area contributed by atoms with Crippen molar-refractivity contribution >= 4 is 11.8 Å². The highest BCUT2D eigenvalue weighted by Crippen LogP contribution is 2.20. The number of carbonyl (C=O) groups is 2. The second kappa shape index (κ2) is 9.46. The number of ether oxygens (including phenoxy) is 2. The summed E-state index contributed by atoms with van der Waals surface area (Å²) >= 11 is 0. The summed E-state index contributed by atoms with van der Waals surface area (Å²) in [6.45, 7) is 3.82. The van der Waals surface area contributed by atoms with Gasteiger partial charge in [0.05, 0.1) is 13.5 Å². The molecule has 0 heterocycles. The van der Waals surface area contributed by atoms with Crippen LogP contribution in [0.3, 0.4) is 0 Å². The Hall–Kier alpha value is -3.02. The lowest BCUT2D eigenvalue weighted by molar-refractivity contribution is -0.129. The van der Waals surface area contributed by atoms with Gasteiger partial charge < -0.3 is 9.47 Å². The summed E-state index contributed by atoms with van der Waals surface area (Å²) in [6, 6.07) is 13.1. The molecule has 2 aromatic carbocycles. The molecule has 0 spiro atoms. The lowest BCUT2D eigenvalue weighted by atomic mass is 10.1. The molecule has 0 saturated carbocycles. The predicted molar refractivity (Wildman–Crippen MR) is 99.0 cm³/mol. The molecule has 0 aromatic heterocycles. The van der Waals surface area contributed by atoms with Crippen LogP contribution >= 0.6 is 0 Å². The van der Waals surface area contributed by atoms with Gasteiger partial charge in [-0.1, -0.05) is 36.8 Å². The van der Waals surface area contributed by atoms with Crippen molar-refractivity contribution in [3.8, 4) is 11.5 Å². The summed E-state index contributed by atoms with van der Waals surface area (Å²) in [4.78, 5) is 23.8. The maximum absolute atomic E-state index is 12.0. The van der Waals surface area contributed by atoms with Crippen molar-refractivity contribution in [2.24, 2.45) is 0 Å². The molecule has 0 aliphatic heterocycles. The van der Waals surface area contributed by atoms with Crippen molar-refractivity contribution < 1.29 is 19.1 Å². The van der Waals surface area contributed by atoms with Crippen molar-refractivity contribution in [3.05, 3.63) is 59.2 Å². The van der Waals surface area contributed by atoms with Crippen molar-refractivity contribution in [2.45, 2.75) is 26.7 Å². The number of methoxy groups -OCH3 is 1. The van der Waals surface area contributed by atoms with Crippen LogP contribution in [0.1, 0.15) is 23.6 Å². The van der Waals surface area contributed by atoms with Crippen LogP contribution in [0.5, 0.6) is 11.5 Å². The molecule has 0 saturated heterocycles. The average Bonchev–Trinajstić information content (AvgIpc) is 2.65. The Morgan fingerprint density at radius 3 is 2.35 bits per heavy atom. The van der Waals surface area contributed by atoms with E-state index in [1.165, 1.54) is 5.56 Å². The monoisotopic (exact) mass is 356 g/mol. The third kappa shape index (κ3) is 5.81. The van der Waals surface area contributed by atoms with Gasteiger partial charge in [0, 0.05) is 5.56 Å². The Morgan fingerprint density at radius 1 is 1.00 bits per heavy atom. The first-order valence-electron chi connectivity index (χ1n) is 8.44. The minimum atomic E-state index is -0.436. The van der Waals surface area contributed by atoms with Gasteiger partial charge in [0.1, 0.15) is 11.5 Å². The minimum Gasteiger partial charge on any atom is -0.496 e. The quantitative estimate of drug-likeness (QED) is 0.747. The Morgan fingerprint density at radius 2 is 1.69 bits per heavy atom. The number of benzene rings is 2. The summed E-state index contributed by atoms with van der Waals surface area (Å²) in [5, 5.41) is 0. The van der Waals surface area contributed by atoms with Gasteiger partial charge in [-0.25, -0.2) is 0 Å². The highest BCUT2D eigenvalue weighted by molar-refractivity contribution is 5.84. The van der Waals surface area contributed by atoms with E-state index in [0.717, 1.165) is 17.5 Å². The molecule has 0 unspecified atom stereocenters. The number of amides is 2. The highest BCUT2D eigenvalue weighted by Gasteiger charge is 2.10. The van der Waals surface area contributed by atoms with Crippen molar-refractivity contribution in [1.82, 2.24) is 10.9 Å². The Balaban J connectivity index is 1.77. The van der Waals surface area contributed by atoms with E-state index in [0.29, 0.717) is 11.5 Å². The molecule has 0 atom stereocenters. The van der Waals surface area contributed by atoms with Crippen LogP contribution in [0.2, 0.25) is 0 Å². The Labute approximate surface area is 153 Å². The zero-order chi connectivity index (χ0) is 18.9. The summed E-state index contributed by atoms with van der Waals surface area (Å²) in [6.07, 6.45) is 1.04. The van der Waals surface area contributed by atoms with E-state index in [9.17, 15) is 9.59 Å². The van der Waals surface area contributed by atoms with Crippen LogP contribution < -0.4 is 20.3 Å². The van der Waals surface area contributed by atoms with Crippen LogP contribution in [0.4, 0.5) is 0 Å². The first kappa shape index (κ1) is 19.3. The van der Waals surface area contributed by atoms with Crippen molar-refractivity contribution in [3.63, 3.8) is 0 Å². The lowest BCUT2D eigenvalue weighted by Gasteiger charge is -2.11. The van der Waals surface area contributed by atoms with Crippen LogP contribution in [0, 0.1) is 6.92 Å². The number of rotatable bonds is 7. The summed E-state index contributed by atoms with van der Waals surface area (Å²) < 4.78 is 10.6. The first-order valence-corrected chi connectivity index (χ1v) is 8.44. The van der Waals surface area contributed by atoms with E-state index in [4.69, 9.17) is 9.47 Å². The van der Waals surface area contributed by atoms with E-state index < -0.39 is 5.91 Å². The van der Waals surface area contributed by atoms with Crippen LogP contribution in [0.15, 0.2) is 42.5 Å². The molecule has 6 nitrogen and oxygen atoms in total. The maximum atomic E-state index is 12.0. The number of nitrogens with one attached hydrogen (secondary N) is 2. The fraction of sp³-hybridized carbons (Fsp3) is 0.300. The summed E-state index contributed by atoms with van der Waals surface area (Å²) in [5.41, 5.74) is 7.70. The number of aryl methyl sites for hydroxylation is 2. The summed E-state index contributed by atoms with van der Waals surface area (Å²) in [7, 11) is 1.55. The molecular formula is C20H24N2O4. The average molecular weight is 356 g/mol. The van der Waals surface area contributed by atoms with Gasteiger partial charge >= 0.3 is 0 Å². The molecule has 0 aliphatic rings. The maximum Gasteiger partial charge on any atom is 0.276 e. The zero-order valence-corrected chi connectivity index (χ0v) is 15.3. The number of hydrogen-bond acceptors (Lipinski definition) is 4. The van der Waals surface area contributed by atoms with Gasteiger partial charge in [-0.3, -0.25) is 20.4 Å². The predicted octanol–water partition coefficient (Wildman–Crippen LogP) is 2.33. The highest BCUT2D eigenvalue weighted by atomic mass is 16.5. The fourth-order valence-electron chi connectivity index (χ4n) is 2.41. The lowest BCUT2D eigenvalue weighted by Crippen LogP contribution is -2.44. The molecule has 2 amide bonds. The van der Waals surface area contributed by atoms with Gasteiger partial charge in [-0.15, -0.1) is 0 Å². The van der Waals surface area contributed by atoms with Gasteiger partial charge in [0.25, 0.3) is 5.91 Å². The minimum absolute atomic E-state index is 0.102. The molecule has 138 valence electrons. The van der Waals surface area contributed by atoms with E-state index in [-0.39, 0.29) is 18.9 Å². The van der Waals surface area contributed by atoms with Gasteiger partial charge in [-0.2, -0.15) is 0 Å². The van der Waals surface area contributed by atoms with Crippen molar-refractivity contribution in [2.75, 3.05) is 13.7 Å².